The Morgan fingerprint density at radius 1 is 1.09 bits per heavy atom. The van der Waals surface area contributed by atoms with E-state index in [0.29, 0.717) is 18.2 Å². The molecule has 0 aliphatic carbocycles. The molecule has 2 aromatic rings. The molecule has 0 unspecified atom stereocenters. The van der Waals surface area contributed by atoms with Crippen LogP contribution < -0.4 is 4.72 Å². The van der Waals surface area contributed by atoms with Gasteiger partial charge in [0.05, 0.1) is 17.4 Å². The maximum absolute atomic E-state index is 13.2. The van der Waals surface area contributed by atoms with Crippen LogP contribution in [0.3, 0.4) is 0 Å². The molecule has 10 heteroatoms. The van der Waals surface area contributed by atoms with Gasteiger partial charge in [-0.15, -0.1) is 0 Å². The zero-order chi connectivity index (χ0) is 16.5. The molecule has 0 aliphatic heterocycles. The van der Waals surface area contributed by atoms with Gasteiger partial charge in [-0.05, 0) is 12.1 Å². The van der Waals surface area contributed by atoms with Crippen LogP contribution in [0.1, 0.15) is 10.4 Å². The molecule has 0 atom stereocenters. The molecule has 1 heterocycles. The molecule has 0 spiro atoms. The van der Waals surface area contributed by atoms with E-state index in [1.54, 1.807) is 4.72 Å². The molecule has 1 aromatic heterocycles. The highest BCUT2D eigenvalue weighted by Gasteiger charge is 2.21. The summed E-state index contributed by atoms with van der Waals surface area (Å²) in [5.74, 6) is -5.51. The highest BCUT2D eigenvalue weighted by atomic mass is 32.2. The number of hydrogen-bond donors (Lipinski definition) is 2. The summed E-state index contributed by atoms with van der Waals surface area (Å²) in [4.78, 5) is 13.7. The van der Waals surface area contributed by atoms with Crippen LogP contribution in [0.25, 0.3) is 0 Å². The lowest BCUT2D eigenvalue weighted by molar-refractivity contribution is 0.0697. The van der Waals surface area contributed by atoms with Crippen molar-refractivity contribution < 1.29 is 31.5 Å². The third-order valence-electron chi connectivity index (χ3n) is 2.53. The van der Waals surface area contributed by atoms with E-state index < -0.39 is 49.6 Å². The Kier molecular flexibility index (Phi) is 4.04. The number of benzene rings is 1. The molecule has 0 aliphatic rings. The van der Waals surface area contributed by atoms with E-state index in [2.05, 4.69) is 4.98 Å². The van der Waals surface area contributed by atoms with E-state index in [1.165, 1.54) is 0 Å². The van der Waals surface area contributed by atoms with Gasteiger partial charge >= 0.3 is 5.97 Å². The monoisotopic (exact) mass is 332 g/mol. The van der Waals surface area contributed by atoms with Crippen molar-refractivity contribution >= 4 is 21.7 Å². The highest BCUT2D eigenvalue weighted by molar-refractivity contribution is 7.92. The van der Waals surface area contributed by atoms with Crippen LogP contribution in [0.4, 0.5) is 18.9 Å². The summed E-state index contributed by atoms with van der Waals surface area (Å²) in [5.41, 5.74) is -1.50. The average molecular weight is 332 g/mol. The smallest absolute Gasteiger partial charge is 0.337 e. The van der Waals surface area contributed by atoms with Crippen LogP contribution in [-0.2, 0) is 10.0 Å². The molecule has 0 radical (unpaired) electrons. The van der Waals surface area contributed by atoms with Gasteiger partial charge in [0.1, 0.15) is 10.7 Å². The first-order chi connectivity index (χ1) is 10.2. The topological polar surface area (TPSA) is 96.4 Å². The quantitative estimate of drug-likeness (QED) is 0.893. The molecule has 0 saturated heterocycles. The van der Waals surface area contributed by atoms with E-state index in [-0.39, 0.29) is 0 Å². The molecule has 0 fully saturated rings. The number of carbonyl (C=O) groups is 1. The van der Waals surface area contributed by atoms with Gasteiger partial charge in [0, 0.05) is 12.3 Å². The summed E-state index contributed by atoms with van der Waals surface area (Å²) in [6.07, 6.45) is 1.57. The lowest BCUT2D eigenvalue weighted by Gasteiger charge is -2.11. The number of pyridine rings is 1. The Morgan fingerprint density at radius 3 is 2.32 bits per heavy atom. The number of rotatable bonds is 4. The second kappa shape index (κ2) is 5.64. The molecule has 116 valence electrons. The van der Waals surface area contributed by atoms with Crippen molar-refractivity contribution in [2.45, 2.75) is 4.90 Å². The fourth-order valence-corrected chi connectivity index (χ4v) is 2.59. The molecule has 2 rings (SSSR count). The van der Waals surface area contributed by atoms with E-state index in [4.69, 9.17) is 5.11 Å². The number of nitrogens with one attached hydrogen (secondary N) is 1. The van der Waals surface area contributed by atoms with Crippen LogP contribution >= 0.6 is 0 Å². The van der Waals surface area contributed by atoms with Crippen molar-refractivity contribution in [2.24, 2.45) is 0 Å². The lowest BCUT2D eigenvalue weighted by atomic mass is 10.2. The summed E-state index contributed by atoms with van der Waals surface area (Å²) in [7, 11) is -4.43. The minimum atomic E-state index is -4.43. The number of anilines is 1. The Hall–Kier alpha value is -2.62. The first-order valence-corrected chi connectivity index (χ1v) is 7.05. The fourth-order valence-electron chi connectivity index (χ4n) is 1.55. The van der Waals surface area contributed by atoms with E-state index in [9.17, 15) is 26.4 Å². The van der Waals surface area contributed by atoms with E-state index >= 15 is 0 Å². The zero-order valence-electron chi connectivity index (χ0n) is 10.5. The molecular formula is C12H7F3N2O4S. The largest absolute Gasteiger partial charge is 0.478 e. The first-order valence-electron chi connectivity index (χ1n) is 5.56. The van der Waals surface area contributed by atoms with Gasteiger partial charge in [0.25, 0.3) is 10.0 Å². The molecule has 2 N–H and O–H groups in total. The second-order valence-electron chi connectivity index (χ2n) is 4.06. The summed E-state index contributed by atoms with van der Waals surface area (Å²) in [6.45, 7) is 0. The minimum absolute atomic E-state index is 0.333. The van der Waals surface area contributed by atoms with Crippen LogP contribution in [0.2, 0.25) is 0 Å². The molecule has 6 nitrogen and oxygen atoms in total. The number of carboxylic acid groups (broad SMARTS) is 1. The standard InChI is InChI=1S/C12H7F3N2O4S/c13-6-1-7(5-16-4-6)22(20,21)17-11-3-10(15)9(14)2-8(11)12(18)19/h1-5,17H,(H,18,19). The predicted octanol–water partition coefficient (Wildman–Crippen LogP) is 2.00. The van der Waals surface area contributed by atoms with Gasteiger partial charge in [-0.25, -0.2) is 26.4 Å². The molecular weight excluding hydrogens is 325 g/mol. The highest BCUT2D eigenvalue weighted by Crippen LogP contribution is 2.23. The Bertz CT molecular complexity index is 855. The maximum Gasteiger partial charge on any atom is 0.337 e. The zero-order valence-corrected chi connectivity index (χ0v) is 11.4. The number of hydrogen-bond acceptors (Lipinski definition) is 4. The third-order valence-corrected chi connectivity index (χ3v) is 3.86. The summed E-state index contributed by atoms with van der Waals surface area (Å²) < 4.78 is 65.0. The number of sulfonamides is 1. The third kappa shape index (κ3) is 3.17. The predicted molar refractivity (Wildman–Crippen MR) is 68.3 cm³/mol. The van der Waals surface area contributed by atoms with Gasteiger partial charge in [0.2, 0.25) is 0 Å². The van der Waals surface area contributed by atoms with Crippen molar-refractivity contribution in [1.82, 2.24) is 4.98 Å². The Morgan fingerprint density at radius 2 is 1.73 bits per heavy atom. The SMILES string of the molecule is O=C(O)c1cc(F)c(F)cc1NS(=O)(=O)c1cncc(F)c1. The Labute approximate surface area is 122 Å². The van der Waals surface area contributed by atoms with Crippen molar-refractivity contribution in [3.63, 3.8) is 0 Å². The van der Waals surface area contributed by atoms with Crippen LogP contribution in [-0.4, -0.2) is 24.5 Å². The number of nitrogens with zero attached hydrogens (tertiary/aromatic N) is 1. The van der Waals surface area contributed by atoms with Crippen LogP contribution in [0.5, 0.6) is 0 Å². The lowest BCUT2D eigenvalue weighted by Crippen LogP contribution is -2.16. The maximum atomic E-state index is 13.2. The molecule has 0 saturated carbocycles. The average Bonchev–Trinajstić information content (AvgIpc) is 2.42. The summed E-state index contributed by atoms with van der Waals surface area (Å²) in [5, 5.41) is 8.90. The van der Waals surface area contributed by atoms with Crippen molar-refractivity contribution in [3.05, 3.63) is 53.6 Å². The van der Waals surface area contributed by atoms with Crippen molar-refractivity contribution in [2.75, 3.05) is 4.72 Å². The normalized spacial score (nSPS) is 11.2. The van der Waals surface area contributed by atoms with Crippen LogP contribution in [0.15, 0.2) is 35.5 Å². The number of halogens is 3. The van der Waals surface area contributed by atoms with E-state index in [1.807, 2.05) is 0 Å². The first kappa shape index (κ1) is 15.8. The van der Waals surface area contributed by atoms with Gasteiger partial charge in [-0.2, -0.15) is 0 Å². The van der Waals surface area contributed by atoms with Gasteiger partial charge in [-0.1, -0.05) is 0 Å². The van der Waals surface area contributed by atoms with Crippen molar-refractivity contribution in [1.29, 1.82) is 0 Å². The molecule has 1 aromatic carbocycles. The number of aromatic nitrogens is 1. The summed E-state index contributed by atoms with van der Waals surface area (Å²) >= 11 is 0. The number of carboxylic acids is 1. The fraction of sp³-hybridized carbons (Fsp3) is 0. The van der Waals surface area contributed by atoms with Crippen LogP contribution in [0, 0.1) is 17.5 Å². The van der Waals surface area contributed by atoms with Gasteiger partial charge < -0.3 is 5.11 Å². The molecule has 0 amide bonds. The second-order valence-corrected chi connectivity index (χ2v) is 5.74. The Balaban J connectivity index is 2.50. The summed E-state index contributed by atoms with van der Waals surface area (Å²) in [6, 6.07) is 1.35. The molecule has 0 bridgehead atoms. The number of aromatic carboxylic acids is 1. The molecule has 22 heavy (non-hydrogen) atoms. The minimum Gasteiger partial charge on any atom is -0.478 e. The van der Waals surface area contributed by atoms with Gasteiger partial charge in [0.15, 0.2) is 11.6 Å². The van der Waals surface area contributed by atoms with Crippen molar-refractivity contribution in [3.8, 4) is 0 Å². The van der Waals surface area contributed by atoms with E-state index in [0.717, 1.165) is 12.4 Å². The van der Waals surface area contributed by atoms with Gasteiger partial charge in [-0.3, -0.25) is 9.71 Å².